The van der Waals surface area contributed by atoms with E-state index in [4.69, 9.17) is 8.85 Å². The van der Waals surface area contributed by atoms with Crippen molar-refractivity contribution in [2.45, 2.75) is 25.7 Å². The lowest BCUT2D eigenvalue weighted by atomic mass is 10.2. The Morgan fingerprint density at radius 3 is 2.42 bits per heavy atom. The molecule has 2 rings (SSSR count). The minimum atomic E-state index is -1.86. The molecule has 0 bridgehead atoms. The summed E-state index contributed by atoms with van der Waals surface area (Å²) in [6, 6.07) is 14.9. The average Bonchev–Trinajstić information content (AvgIpc) is 2.56. The number of hydrogen-bond acceptors (Lipinski definition) is 3. The Labute approximate surface area is 147 Å². The molecule has 0 saturated carbocycles. The molecule has 2 aromatic carbocycles. The quantitative estimate of drug-likeness (QED) is 0.769. The van der Waals surface area contributed by atoms with E-state index in [1.807, 2.05) is 18.2 Å². The molecule has 0 radical (unpaired) electrons. The lowest BCUT2D eigenvalue weighted by molar-refractivity contribution is 0.373. The van der Waals surface area contributed by atoms with Gasteiger partial charge in [-0.1, -0.05) is 43.0 Å². The van der Waals surface area contributed by atoms with Crippen LogP contribution in [-0.2, 0) is 10.2 Å². The van der Waals surface area contributed by atoms with Gasteiger partial charge in [0.2, 0.25) is 0 Å². The van der Waals surface area contributed by atoms with Gasteiger partial charge in [-0.2, -0.15) is 0 Å². The zero-order chi connectivity index (χ0) is 17.7. The van der Waals surface area contributed by atoms with Gasteiger partial charge in [0.15, 0.2) is 28.9 Å². The second kappa shape index (κ2) is 7.83. The number of phenolic OH excluding ortho intramolecular Hbond substituents is 1. The minimum absolute atomic E-state index is 0.173. The van der Waals surface area contributed by atoms with Crippen molar-refractivity contribution in [1.82, 2.24) is 0 Å². The van der Waals surface area contributed by atoms with Crippen LogP contribution in [0.15, 0.2) is 49.0 Å². The Morgan fingerprint density at radius 2 is 1.83 bits per heavy atom. The molecule has 0 aliphatic rings. The van der Waals surface area contributed by atoms with E-state index in [0.717, 1.165) is 17.2 Å². The first-order valence-corrected chi connectivity index (χ1v) is 13.4. The SMILES string of the molecule is C=Cc1ccc([SiH](C)O[Si](C)(C)Cc2ccc(O)c(OC)c2)cc1. The van der Waals surface area contributed by atoms with Gasteiger partial charge in [0.25, 0.3) is 0 Å². The predicted molar refractivity (Wildman–Crippen MR) is 106 cm³/mol. The van der Waals surface area contributed by atoms with E-state index >= 15 is 0 Å². The fraction of sp³-hybridized carbons (Fsp3) is 0.263. The van der Waals surface area contributed by atoms with E-state index < -0.39 is 17.4 Å². The maximum Gasteiger partial charge on any atom is 0.192 e. The molecule has 1 N–H and O–H groups in total. The van der Waals surface area contributed by atoms with Crippen molar-refractivity contribution in [3.63, 3.8) is 0 Å². The van der Waals surface area contributed by atoms with E-state index in [2.05, 4.69) is 50.5 Å². The summed E-state index contributed by atoms with van der Waals surface area (Å²) in [4.78, 5) is 0. The molecule has 3 nitrogen and oxygen atoms in total. The maximum absolute atomic E-state index is 9.73. The molecule has 1 atom stereocenters. The predicted octanol–water partition coefficient (Wildman–Crippen LogP) is 3.61. The van der Waals surface area contributed by atoms with E-state index in [1.165, 1.54) is 5.19 Å². The van der Waals surface area contributed by atoms with Crippen LogP contribution in [0.25, 0.3) is 6.08 Å². The van der Waals surface area contributed by atoms with Gasteiger partial charge in [0, 0.05) is 0 Å². The molecule has 128 valence electrons. The molecule has 0 spiro atoms. The molecule has 0 amide bonds. The Balaban J connectivity index is 2.07. The smallest absolute Gasteiger partial charge is 0.192 e. The van der Waals surface area contributed by atoms with Crippen molar-refractivity contribution in [2.75, 3.05) is 7.11 Å². The summed E-state index contributed by atoms with van der Waals surface area (Å²) in [5.41, 5.74) is 2.28. The number of aromatic hydroxyl groups is 1. The van der Waals surface area contributed by atoms with Crippen molar-refractivity contribution in [3.05, 3.63) is 60.2 Å². The average molecular weight is 359 g/mol. The van der Waals surface area contributed by atoms with E-state index in [9.17, 15) is 5.11 Å². The Bertz CT molecular complexity index is 696. The largest absolute Gasteiger partial charge is 0.504 e. The molecule has 5 heteroatoms. The van der Waals surface area contributed by atoms with Gasteiger partial charge in [-0.3, -0.25) is 0 Å². The van der Waals surface area contributed by atoms with Crippen molar-refractivity contribution in [2.24, 2.45) is 0 Å². The third kappa shape index (κ3) is 4.83. The number of methoxy groups -OCH3 is 1. The summed E-state index contributed by atoms with van der Waals surface area (Å²) >= 11 is 0. The van der Waals surface area contributed by atoms with Crippen LogP contribution in [0.1, 0.15) is 11.1 Å². The zero-order valence-electron chi connectivity index (χ0n) is 14.9. The highest BCUT2D eigenvalue weighted by Gasteiger charge is 2.27. The van der Waals surface area contributed by atoms with Crippen LogP contribution in [0.5, 0.6) is 11.5 Å². The molecule has 0 heterocycles. The number of rotatable bonds is 7. The number of benzene rings is 2. The Morgan fingerprint density at radius 1 is 1.17 bits per heavy atom. The standard InChI is InChI=1S/C19H26O3Si2/c1-6-15-7-10-17(11-8-15)23(3)22-24(4,5)14-16-9-12-18(20)19(13-16)21-2/h6-13,20,23H,1,14H2,2-5H3. The lowest BCUT2D eigenvalue weighted by Crippen LogP contribution is -2.44. The van der Waals surface area contributed by atoms with Crippen molar-refractivity contribution in [1.29, 1.82) is 0 Å². The highest BCUT2D eigenvalue weighted by Crippen LogP contribution is 2.28. The van der Waals surface area contributed by atoms with Crippen molar-refractivity contribution < 1.29 is 14.0 Å². The normalized spacial score (nSPS) is 12.7. The summed E-state index contributed by atoms with van der Waals surface area (Å²) in [5, 5.41) is 11.0. The number of phenols is 1. The fourth-order valence-electron chi connectivity index (χ4n) is 2.81. The van der Waals surface area contributed by atoms with Gasteiger partial charge in [-0.05, 0) is 54.1 Å². The first kappa shape index (κ1) is 18.5. The molecular weight excluding hydrogens is 332 g/mol. The molecule has 0 aromatic heterocycles. The molecule has 0 aliphatic heterocycles. The minimum Gasteiger partial charge on any atom is -0.504 e. The first-order chi connectivity index (χ1) is 11.3. The Kier molecular flexibility index (Phi) is 6.04. The molecule has 0 aliphatic carbocycles. The zero-order valence-corrected chi connectivity index (χ0v) is 17.0. The molecule has 2 aromatic rings. The summed E-state index contributed by atoms with van der Waals surface area (Å²) in [6.45, 7) is 10.5. The number of ether oxygens (including phenoxy) is 1. The second-order valence-electron chi connectivity index (χ2n) is 6.57. The van der Waals surface area contributed by atoms with Gasteiger partial charge in [0.1, 0.15) is 0 Å². The van der Waals surface area contributed by atoms with E-state index in [0.29, 0.717) is 5.75 Å². The highest BCUT2D eigenvalue weighted by molar-refractivity contribution is 6.81. The van der Waals surface area contributed by atoms with E-state index in [-0.39, 0.29) is 5.75 Å². The van der Waals surface area contributed by atoms with Gasteiger partial charge in [-0.15, -0.1) is 0 Å². The van der Waals surface area contributed by atoms with Gasteiger partial charge in [0.05, 0.1) is 7.11 Å². The molecule has 1 unspecified atom stereocenters. The fourth-order valence-corrected chi connectivity index (χ4v) is 9.46. The van der Waals surface area contributed by atoms with Crippen molar-refractivity contribution >= 4 is 28.6 Å². The van der Waals surface area contributed by atoms with Crippen LogP contribution in [0.4, 0.5) is 0 Å². The van der Waals surface area contributed by atoms with Crippen LogP contribution in [0.3, 0.4) is 0 Å². The summed E-state index contributed by atoms with van der Waals surface area (Å²) in [7, 11) is -1.73. The highest BCUT2D eigenvalue weighted by atomic mass is 28.4. The maximum atomic E-state index is 9.73. The van der Waals surface area contributed by atoms with Crippen LogP contribution in [0, 0.1) is 0 Å². The third-order valence-corrected chi connectivity index (χ3v) is 10.6. The molecular formula is C19H26O3Si2. The monoisotopic (exact) mass is 358 g/mol. The van der Waals surface area contributed by atoms with Crippen LogP contribution in [0.2, 0.25) is 19.6 Å². The molecule has 0 fully saturated rings. The van der Waals surface area contributed by atoms with Gasteiger partial charge < -0.3 is 14.0 Å². The first-order valence-electron chi connectivity index (χ1n) is 8.11. The topological polar surface area (TPSA) is 38.7 Å². The van der Waals surface area contributed by atoms with Gasteiger partial charge >= 0.3 is 0 Å². The second-order valence-corrected chi connectivity index (χ2v) is 13.3. The van der Waals surface area contributed by atoms with Crippen LogP contribution >= 0.6 is 0 Å². The van der Waals surface area contributed by atoms with Crippen LogP contribution < -0.4 is 9.92 Å². The third-order valence-electron chi connectivity index (χ3n) is 4.01. The number of hydrogen-bond donors (Lipinski definition) is 1. The van der Waals surface area contributed by atoms with Crippen molar-refractivity contribution in [3.8, 4) is 11.5 Å². The van der Waals surface area contributed by atoms with Gasteiger partial charge in [-0.25, -0.2) is 0 Å². The van der Waals surface area contributed by atoms with Crippen LogP contribution in [-0.4, -0.2) is 29.6 Å². The lowest BCUT2D eigenvalue weighted by Gasteiger charge is -2.28. The summed E-state index contributed by atoms with van der Waals surface area (Å²) in [6.07, 6.45) is 1.85. The molecule has 24 heavy (non-hydrogen) atoms. The summed E-state index contributed by atoms with van der Waals surface area (Å²) in [5.74, 6) is 0.689. The molecule has 0 saturated heterocycles. The summed E-state index contributed by atoms with van der Waals surface area (Å²) < 4.78 is 11.8. The Hall–Kier alpha value is -1.83. The van der Waals surface area contributed by atoms with E-state index in [1.54, 1.807) is 13.2 Å².